The van der Waals surface area contributed by atoms with Gasteiger partial charge in [0.2, 0.25) is 0 Å². The molecule has 0 saturated carbocycles. The van der Waals surface area contributed by atoms with E-state index in [-0.39, 0.29) is 17.9 Å². The first-order chi connectivity index (χ1) is 13.2. The molecule has 0 aliphatic carbocycles. The van der Waals surface area contributed by atoms with Crippen LogP contribution in [0.2, 0.25) is 0 Å². The van der Waals surface area contributed by atoms with Crippen LogP contribution in [0.15, 0.2) is 72.0 Å². The highest BCUT2D eigenvalue weighted by molar-refractivity contribution is 8.14. The van der Waals surface area contributed by atoms with Gasteiger partial charge in [0.05, 0.1) is 17.4 Å². The predicted octanol–water partition coefficient (Wildman–Crippen LogP) is 4.60. The Balaban J connectivity index is 1.63. The maximum Gasteiger partial charge on any atom is 0.160 e. The highest BCUT2D eigenvalue weighted by atomic mass is 32.2. The van der Waals surface area contributed by atoms with Crippen LogP contribution in [0.1, 0.15) is 30.4 Å². The van der Waals surface area contributed by atoms with Crippen molar-refractivity contribution in [3.05, 3.63) is 84.2 Å². The molecule has 2 aromatic heterocycles. The number of benzene rings is 1. The summed E-state index contributed by atoms with van der Waals surface area (Å²) in [6.45, 7) is 3.15. The highest BCUT2D eigenvalue weighted by Gasteiger charge is 2.44. The fraction of sp³-hybridized carbons (Fsp3) is 0.238. The molecule has 0 spiro atoms. The van der Waals surface area contributed by atoms with Crippen LogP contribution in [-0.2, 0) is 0 Å². The molecule has 0 radical (unpaired) electrons. The molecule has 27 heavy (non-hydrogen) atoms. The first-order valence-corrected chi connectivity index (χ1v) is 9.94. The molecule has 0 amide bonds. The van der Waals surface area contributed by atoms with Crippen LogP contribution >= 0.6 is 11.8 Å². The molecular formula is C21H19FN4S. The summed E-state index contributed by atoms with van der Waals surface area (Å²) in [7, 11) is 0. The molecule has 6 heteroatoms. The summed E-state index contributed by atoms with van der Waals surface area (Å²) in [5, 5.41) is 1.55. The van der Waals surface area contributed by atoms with Crippen LogP contribution in [0.3, 0.4) is 0 Å². The van der Waals surface area contributed by atoms with Crippen molar-refractivity contribution in [3.63, 3.8) is 0 Å². The second-order valence-electron chi connectivity index (χ2n) is 6.89. The van der Waals surface area contributed by atoms with E-state index in [9.17, 15) is 4.39 Å². The molecule has 2 aliphatic heterocycles. The molecule has 3 atom stereocenters. The van der Waals surface area contributed by atoms with Crippen LogP contribution in [0.25, 0.3) is 5.69 Å². The number of thioether (sulfide) groups is 1. The molecule has 4 heterocycles. The van der Waals surface area contributed by atoms with Crippen molar-refractivity contribution in [2.24, 2.45) is 4.99 Å². The minimum atomic E-state index is -0.229. The summed E-state index contributed by atoms with van der Waals surface area (Å²) < 4.78 is 16.4. The summed E-state index contributed by atoms with van der Waals surface area (Å²) in [4.78, 5) is 11.9. The number of fused-ring (bicyclic) bond motifs is 1. The molecule has 2 aliphatic rings. The Hall–Kier alpha value is -2.60. The second kappa shape index (κ2) is 6.53. The van der Waals surface area contributed by atoms with Crippen LogP contribution in [0.4, 0.5) is 4.39 Å². The molecule has 4 nitrogen and oxygen atoms in total. The Morgan fingerprint density at radius 2 is 1.93 bits per heavy atom. The van der Waals surface area contributed by atoms with Crippen LogP contribution in [0, 0.1) is 5.82 Å². The number of amidine groups is 1. The van der Waals surface area contributed by atoms with E-state index in [0.29, 0.717) is 10.9 Å². The Kier molecular flexibility index (Phi) is 4.01. The van der Waals surface area contributed by atoms with E-state index in [1.807, 2.05) is 53.4 Å². The number of hydrogen-bond donors (Lipinski definition) is 0. The normalized spacial score (nSPS) is 24.1. The number of halogens is 1. The summed E-state index contributed by atoms with van der Waals surface area (Å²) in [5.41, 5.74) is 2.54. The fourth-order valence-electron chi connectivity index (χ4n) is 3.94. The average molecular weight is 378 g/mol. The SMILES string of the molecule is CC1CN2C(=NC(c3ccccn3)C2c2cccn2-c2ccccc2F)S1. The van der Waals surface area contributed by atoms with E-state index in [1.54, 1.807) is 17.8 Å². The van der Waals surface area contributed by atoms with Gasteiger partial charge in [-0.15, -0.1) is 0 Å². The van der Waals surface area contributed by atoms with E-state index in [1.165, 1.54) is 6.07 Å². The lowest BCUT2D eigenvalue weighted by molar-refractivity contribution is 0.312. The van der Waals surface area contributed by atoms with Gasteiger partial charge in [0.1, 0.15) is 11.9 Å². The Labute approximate surface area is 161 Å². The van der Waals surface area contributed by atoms with Gasteiger partial charge in [-0.2, -0.15) is 0 Å². The zero-order valence-electron chi connectivity index (χ0n) is 14.9. The maximum absolute atomic E-state index is 14.5. The Bertz CT molecular complexity index is 1000. The largest absolute Gasteiger partial charge is 0.339 e. The van der Waals surface area contributed by atoms with Crippen molar-refractivity contribution in [1.82, 2.24) is 14.5 Å². The van der Waals surface area contributed by atoms with Crippen LogP contribution < -0.4 is 0 Å². The van der Waals surface area contributed by atoms with Crippen molar-refractivity contribution in [3.8, 4) is 5.69 Å². The third kappa shape index (κ3) is 2.75. The molecule has 0 bridgehead atoms. The number of aromatic nitrogens is 2. The number of aliphatic imine (C=N–C) groups is 1. The predicted molar refractivity (Wildman–Crippen MR) is 107 cm³/mol. The standard InChI is InChI=1S/C21H19FN4S/c1-14-13-26-20(19(24-21(26)27-14)16-8-4-5-11-23-16)18-10-6-12-25(18)17-9-3-2-7-15(17)22/h2-12,14,19-20H,13H2,1H3. The monoisotopic (exact) mass is 378 g/mol. The van der Waals surface area contributed by atoms with E-state index < -0.39 is 0 Å². The van der Waals surface area contributed by atoms with Crippen molar-refractivity contribution in [2.75, 3.05) is 6.54 Å². The van der Waals surface area contributed by atoms with Crippen molar-refractivity contribution < 1.29 is 4.39 Å². The lowest BCUT2D eigenvalue weighted by Gasteiger charge is -2.28. The van der Waals surface area contributed by atoms with Crippen molar-refractivity contribution >= 4 is 16.9 Å². The lowest BCUT2D eigenvalue weighted by Crippen LogP contribution is -2.30. The molecule has 5 rings (SSSR count). The summed E-state index contributed by atoms with van der Waals surface area (Å²) in [6, 6.07) is 16.8. The van der Waals surface area contributed by atoms with Crippen molar-refractivity contribution in [2.45, 2.75) is 24.3 Å². The number of para-hydroxylation sites is 1. The van der Waals surface area contributed by atoms with Crippen LogP contribution in [0.5, 0.6) is 0 Å². The summed E-state index contributed by atoms with van der Waals surface area (Å²) in [6.07, 6.45) is 3.73. The average Bonchev–Trinajstić information content (AvgIpc) is 3.36. The molecule has 1 aromatic carbocycles. The van der Waals surface area contributed by atoms with Gasteiger partial charge in [-0.3, -0.25) is 9.98 Å². The van der Waals surface area contributed by atoms with Gasteiger partial charge in [0.15, 0.2) is 5.17 Å². The van der Waals surface area contributed by atoms with Gasteiger partial charge in [-0.25, -0.2) is 4.39 Å². The zero-order chi connectivity index (χ0) is 18.4. The van der Waals surface area contributed by atoms with E-state index in [0.717, 1.165) is 23.1 Å². The van der Waals surface area contributed by atoms with E-state index >= 15 is 0 Å². The lowest BCUT2D eigenvalue weighted by atomic mass is 10.0. The third-order valence-corrected chi connectivity index (χ3v) is 6.18. The quantitative estimate of drug-likeness (QED) is 0.668. The molecule has 136 valence electrons. The Morgan fingerprint density at radius 3 is 2.74 bits per heavy atom. The van der Waals surface area contributed by atoms with Gasteiger partial charge in [-0.1, -0.05) is 36.9 Å². The Morgan fingerprint density at radius 1 is 1.07 bits per heavy atom. The number of pyridine rings is 1. The van der Waals surface area contributed by atoms with E-state index in [4.69, 9.17) is 4.99 Å². The zero-order valence-corrected chi connectivity index (χ0v) is 15.7. The summed E-state index contributed by atoms with van der Waals surface area (Å²) >= 11 is 1.81. The van der Waals surface area contributed by atoms with Crippen LogP contribution in [-0.4, -0.2) is 31.4 Å². The number of hydrogen-bond acceptors (Lipinski definition) is 4. The van der Waals surface area contributed by atoms with Gasteiger partial charge >= 0.3 is 0 Å². The first kappa shape index (κ1) is 16.6. The number of nitrogens with zero attached hydrogens (tertiary/aromatic N) is 4. The molecule has 3 unspecified atom stereocenters. The van der Waals surface area contributed by atoms with Gasteiger partial charge in [0, 0.05) is 29.9 Å². The second-order valence-corrected chi connectivity index (χ2v) is 8.30. The number of rotatable bonds is 3. The highest BCUT2D eigenvalue weighted by Crippen LogP contribution is 2.47. The minimum absolute atomic E-state index is 0.00181. The fourth-order valence-corrected chi connectivity index (χ4v) is 5.03. The third-order valence-electron chi connectivity index (χ3n) is 5.08. The van der Waals surface area contributed by atoms with E-state index in [2.05, 4.69) is 22.9 Å². The van der Waals surface area contributed by atoms with Gasteiger partial charge in [-0.05, 0) is 36.4 Å². The van der Waals surface area contributed by atoms with Gasteiger partial charge in [0.25, 0.3) is 0 Å². The molecular weight excluding hydrogens is 359 g/mol. The molecule has 1 saturated heterocycles. The topological polar surface area (TPSA) is 33.4 Å². The maximum atomic E-state index is 14.5. The molecule has 3 aromatic rings. The molecule has 0 N–H and O–H groups in total. The minimum Gasteiger partial charge on any atom is -0.339 e. The smallest absolute Gasteiger partial charge is 0.160 e. The summed E-state index contributed by atoms with van der Waals surface area (Å²) in [5.74, 6) is -0.229. The van der Waals surface area contributed by atoms with Gasteiger partial charge < -0.3 is 9.47 Å². The molecule has 1 fully saturated rings. The van der Waals surface area contributed by atoms with Crippen molar-refractivity contribution in [1.29, 1.82) is 0 Å². The first-order valence-electron chi connectivity index (χ1n) is 9.06.